The highest BCUT2D eigenvalue weighted by Gasteiger charge is 2.33. The Kier molecular flexibility index (Phi) is 7.50. The molecule has 0 spiro atoms. The Morgan fingerprint density at radius 3 is 2.68 bits per heavy atom. The van der Waals surface area contributed by atoms with Gasteiger partial charge in [0.25, 0.3) is 11.8 Å². The number of nitrogens with zero attached hydrogens (tertiary/aromatic N) is 4. The molecule has 1 atom stereocenters. The number of nitrogens with one attached hydrogen (secondary N) is 1. The second-order valence-corrected chi connectivity index (χ2v) is 8.99. The second kappa shape index (κ2) is 10.1. The van der Waals surface area contributed by atoms with Crippen molar-refractivity contribution in [3.63, 3.8) is 0 Å². The Morgan fingerprint density at radius 2 is 2.03 bits per heavy atom. The molecule has 2 amide bonds. The maximum atomic E-state index is 13.3. The van der Waals surface area contributed by atoms with Crippen molar-refractivity contribution in [1.29, 1.82) is 0 Å². The molecule has 2 heterocycles. The minimum Gasteiger partial charge on any atom is -0.394 e. The molecule has 0 radical (unpaired) electrons. The third-order valence-electron chi connectivity index (χ3n) is 5.25. The molecule has 2 N–H and O–H groups in total. The zero-order chi connectivity index (χ0) is 22.5. The summed E-state index contributed by atoms with van der Waals surface area (Å²) in [6.45, 7) is 10.6. The molecule has 2 aliphatic rings. The summed E-state index contributed by atoms with van der Waals surface area (Å²) in [5.74, 6) is -0.536. The number of hydrogen-bond donors (Lipinski definition) is 2. The summed E-state index contributed by atoms with van der Waals surface area (Å²) in [5.41, 5.74) is 1.81. The van der Waals surface area contributed by atoms with Crippen molar-refractivity contribution in [1.82, 2.24) is 15.2 Å². The van der Waals surface area contributed by atoms with Gasteiger partial charge in [-0.25, -0.2) is 4.99 Å². The SMILES string of the molecule is C=C1S/C(NC(=O)c2ccc(C)cc2)=N\CN(C(C)C)/N=C\1C(=O)N1CCC[C@@H]1CO. The molecule has 8 nitrogen and oxygen atoms in total. The molecule has 9 heteroatoms. The van der Waals surface area contributed by atoms with E-state index in [-0.39, 0.29) is 42.9 Å². The van der Waals surface area contributed by atoms with Crippen molar-refractivity contribution in [2.75, 3.05) is 19.8 Å². The lowest BCUT2D eigenvalue weighted by molar-refractivity contribution is -0.125. The molecule has 1 aromatic rings. The molecule has 31 heavy (non-hydrogen) atoms. The van der Waals surface area contributed by atoms with E-state index >= 15 is 0 Å². The Morgan fingerprint density at radius 1 is 1.32 bits per heavy atom. The van der Waals surface area contributed by atoms with Gasteiger partial charge in [0, 0.05) is 23.1 Å². The van der Waals surface area contributed by atoms with Crippen molar-refractivity contribution < 1.29 is 14.7 Å². The number of hydrogen-bond acceptors (Lipinski definition) is 7. The third kappa shape index (κ3) is 5.54. The predicted molar refractivity (Wildman–Crippen MR) is 124 cm³/mol. The number of likely N-dealkylation sites (tertiary alicyclic amines) is 1. The molecule has 3 rings (SSSR count). The van der Waals surface area contributed by atoms with Crippen LogP contribution in [0.25, 0.3) is 0 Å². The lowest BCUT2D eigenvalue weighted by Gasteiger charge is -2.28. The number of aliphatic imine (C=N–C) groups is 1. The Labute approximate surface area is 187 Å². The summed E-state index contributed by atoms with van der Waals surface area (Å²) in [5, 5.41) is 19.1. The Bertz CT molecular complexity index is 910. The van der Waals surface area contributed by atoms with Crippen LogP contribution in [0.2, 0.25) is 0 Å². The van der Waals surface area contributed by atoms with Gasteiger partial charge >= 0.3 is 0 Å². The van der Waals surface area contributed by atoms with Gasteiger partial charge in [0.2, 0.25) is 0 Å². The number of hydrazone groups is 1. The van der Waals surface area contributed by atoms with E-state index < -0.39 is 0 Å². The van der Waals surface area contributed by atoms with E-state index in [2.05, 4.69) is 22.0 Å². The summed E-state index contributed by atoms with van der Waals surface area (Å²) in [6, 6.07) is 7.04. The van der Waals surface area contributed by atoms with Gasteiger partial charge in [0.1, 0.15) is 6.67 Å². The highest BCUT2D eigenvalue weighted by atomic mass is 32.2. The fourth-order valence-electron chi connectivity index (χ4n) is 3.36. The molecule has 0 aromatic heterocycles. The quantitative estimate of drug-likeness (QED) is 0.745. The summed E-state index contributed by atoms with van der Waals surface area (Å²) >= 11 is 1.12. The number of aryl methyl sites for hydroxylation is 1. The van der Waals surface area contributed by atoms with Crippen LogP contribution in [0.5, 0.6) is 0 Å². The predicted octanol–water partition coefficient (Wildman–Crippen LogP) is 2.35. The first-order valence-corrected chi connectivity index (χ1v) is 11.2. The highest BCUT2D eigenvalue weighted by molar-refractivity contribution is 8.18. The minimum atomic E-state index is -0.277. The summed E-state index contributed by atoms with van der Waals surface area (Å²) in [4.78, 5) is 32.5. The zero-order valence-corrected chi connectivity index (χ0v) is 19.0. The van der Waals surface area contributed by atoms with Crippen LogP contribution in [-0.4, -0.2) is 69.6 Å². The molecule has 2 aliphatic heterocycles. The molecule has 166 valence electrons. The first-order valence-electron chi connectivity index (χ1n) is 10.4. The van der Waals surface area contributed by atoms with Crippen LogP contribution in [-0.2, 0) is 4.79 Å². The number of carbonyl (C=O) groups is 2. The van der Waals surface area contributed by atoms with Crippen molar-refractivity contribution in [3.8, 4) is 0 Å². The molecular weight excluding hydrogens is 414 g/mol. The normalized spacial score (nSPS) is 23.0. The Balaban J connectivity index is 1.82. The summed E-state index contributed by atoms with van der Waals surface area (Å²) in [6.07, 6.45) is 1.61. The molecule has 0 saturated carbocycles. The van der Waals surface area contributed by atoms with Crippen LogP contribution in [0.1, 0.15) is 42.6 Å². The molecule has 0 unspecified atom stereocenters. The van der Waals surface area contributed by atoms with Gasteiger partial charge in [0.05, 0.1) is 12.6 Å². The van der Waals surface area contributed by atoms with Crippen molar-refractivity contribution in [2.45, 2.75) is 45.7 Å². The lowest BCUT2D eigenvalue weighted by Crippen LogP contribution is -2.44. The zero-order valence-electron chi connectivity index (χ0n) is 18.2. The molecule has 1 aromatic carbocycles. The number of thioether (sulfide) groups is 1. The van der Waals surface area contributed by atoms with Gasteiger partial charge in [-0.3, -0.25) is 14.6 Å². The van der Waals surface area contributed by atoms with Crippen molar-refractivity contribution in [3.05, 3.63) is 46.9 Å². The van der Waals surface area contributed by atoms with Gasteiger partial charge in [-0.05, 0) is 45.7 Å². The molecule has 1 saturated heterocycles. The average Bonchev–Trinajstić information content (AvgIpc) is 3.20. The first-order chi connectivity index (χ1) is 14.8. The second-order valence-electron chi connectivity index (χ2n) is 7.91. The van der Waals surface area contributed by atoms with Crippen LogP contribution in [0, 0.1) is 6.92 Å². The molecule has 0 aliphatic carbocycles. The van der Waals surface area contributed by atoms with Gasteiger partial charge in [-0.2, -0.15) is 5.10 Å². The van der Waals surface area contributed by atoms with Crippen LogP contribution in [0.15, 0.2) is 45.8 Å². The molecular formula is C22H29N5O3S. The van der Waals surface area contributed by atoms with E-state index in [1.54, 1.807) is 22.0 Å². The Hall–Kier alpha value is -2.65. The minimum absolute atomic E-state index is 0.0104. The largest absolute Gasteiger partial charge is 0.394 e. The number of aliphatic hydroxyl groups excluding tert-OH is 1. The number of carbonyl (C=O) groups excluding carboxylic acids is 2. The smallest absolute Gasteiger partial charge is 0.275 e. The van der Waals surface area contributed by atoms with Gasteiger partial charge < -0.3 is 15.3 Å². The maximum absolute atomic E-state index is 13.3. The van der Waals surface area contributed by atoms with Crippen LogP contribution in [0.3, 0.4) is 0 Å². The van der Waals surface area contributed by atoms with Crippen LogP contribution < -0.4 is 5.32 Å². The first kappa shape index (κ1) is 23.0. The van der Waals surface area contributed by atoms with E-state index in [1.165, 1.54) is 0 Å². The number of amidine groups is 1. The highest BCUT2D eigenvalue weighted by Crippen LogP contribution is 2.25. The molecule has 0 bridgehead atoms. The van der Waals surface area contributed by atoms with Crippen molar-refractivity contribution >= 4 is 34.5 Å². The van der Waals surface area contributed by atoms with E-state index in [4.69, 9.17) is 0 Å². The van der Waals surface area contributed by atoms with Crippen LogP contribution in [0.4, 0.5) is 0 Å². The fraction of sp³-hybridized carbons (Fsp3) is 0.455. The number of rotatable bonds is 4. The number of aliphatic hydroxyl groups is 1. The van der Waals surface area contributed by atoms with E-state index in [0.717, 1.165) is 30.2 Å². The maximum Gasteiger partial charge on any atom is 0.275 e. The monoisotopic (exact) mass is 443 g/mol. The topological polar surface area (TPSA) is 97.6 Å². The summed E-state index contributed by atoms with van der Waals surface area (Å²) in [7, 11) is 0. The van der Waals surface area contributed by atoms with Gasteiger partial charge in [-0.1, -0.05) is 36.0 Å². The number of benzene rings is 1. The van der Waals surface area contributed by atoms with E-state index in [1.807, 2.05) is 32.9 Å². The average molecular weight is 444 g/mol. The lowest BCUT2D eigenvalue weighted by atomic mass is 10.1. The van der Waals surface area contributed by atoms with Gasteiger partial charge in [0.15, 0.2) is 10.9 Å². The third-order valence-corrected chi connectivity index (χ3v) is 6.12. The fourth-order valence-corrected chi connectivity index (χ4v) is 4.08. The van der Waals surface area contributed by atoms with Crippen LogP contribution >= 0.6 is 11.8 Å². The summed E-state index contributed by atoms with van der Waals surface area (Å²) < 4.78 is 0. The van der Waals surface area contributed by atoms with Gasteiger partial charge in [-0.15, -0.1) is 0 Å². The van der Waals surface area contributed by atoms with E-state index in [0.29, 0.717) is 22.2 Å². The van der Waals surface area contributed by atoms with E-state index in [9.17, 15) is 14.7 Å². The molecule has 1 fully saturated rings. The number of amides is 2. The standard InChI is InChI=1S/C22H29N5O3S/c1-14(2)27-13-23-22(24-20(29)17-9-7-15(3)8-10-17)31-16(4)19(25-27)21(30)26-11-5-6-18(26)12-28/h7-10,14,18,28H,4-6,11-13H2,1-3H3,(H,23,24,29)/b25-19+/t18-/m1/s1. The van der Waals surface area contributed by atoms with Crippen molar-refractivity contribution in [2.24, 2.45) is 10.1 Å².